The van der Waals surface area contributed by atoms with Crippen LogP contribution in [-0.2, 0) is 42.9 Å². The van der Waals surface area contributed by atoms with Crippen molar-refractivity contribution >= 4 is 29.8 Å². The van der Waals surface area contributed by atoms with E-state index in [-0.39, 0.29) is 17.1 Å². The Morgan fingerprint density at radius 2 is 1.38 bits per heavy atom. The molecule has 2 rings (SSSR count). The Bertz CT molecular complexity index is 956. The van der Waals surface area contributed by atoms with Crippen molar-refractivity contribution < 1.29 is 62.2 Å². The minimum Gasteiger partial charge on any atom is -0.493 e. The Labute approximate surface area is 193 Å². The highest BCUT2D eigenvalue weighted by molar-refractivity contribution is 5.88. The van der Waals surface area contributed by atoms with E-state index in [0.717, 1.165) is 27.9 Å². The molecule has 0 amide bonds. The Balaban J connectivity index is 2.56. The second-order valence-electron chi connectivity index (χ2n) is 6.96. The van der Waals surface area contributed by atoms with E-state index in [1.54, 1.807) is 0 Å². The second kappa shape index (κ2) is 11.3. The van der Waals surface area contributed by atoms with Gasteiger partial charge in [-0.3, -0.25) is 14.4 Å². The summed E-state index contributed by atoms with van der Waals surface area (Å²) >= 11 is 0. The molecule has 34 heavy (non-hydrogen) atoms. The fraction of sp³-hybridized carbons (Fsp3) is 0.476. The molecule has 1 aromatic carbocycles. The van der Waals surface area contributed by atoms with Gasteiger partial charge in [0.05, 0.1) is 19.8 Å². The molecule has 0 saturated carbocycles. The highest BCUT2D eigenvalue weighted by atomic mass is 16.7. The van der Waals surface area contributed by atoms with Crippen molar-refractivity contribution in [3.8, 4) is 11.5 Å². The number of ether oxygens (including phenoxy) is 7. The molecule has 1 heterocycles. The van der Waals surface area contributed by atoms with Gasteiger partial charge in [-0.05, 0) is 18.2 Å². The number of rotatable bonds is 8. The van der Waals surface area contributed by atoms with E-state index >= 15 is 0 Å². The third-order valence-corrected chi connectivity index (χ3v) is 4.49. The first-order chi connectivity index (χ1) is 16.0. The number of carbonyl (C=O) groups is 5. The zero-order valence-electron chi connectivity index (χ0n) is 19.0. The first-order valence-electron chi connectivity index (χ1n) is 9.81. The van der Waals surface area contributed by atoms with E-state index < -0.39 is 60.6 Å². The topological polar surface area (TPSA) is 170 Å². The van der Waals surface area contributed by atoms with Gasteiger partial charge in [0.15, 0.2) is 29.8 Å². The van der Waals surface area contributed by atoms with Crippen LogP contribution in [0.2, 0.25) is 0 Å². The van der Waals surface area contributed by atoms with Crippen LogP contribution < -0.4 is 9.47 Å². The van der Waals surface area contributed by atoms with Crippen LogP contribution in [0.25, 0.3) is 0 Å². The number of hydrogen-bond donors (Lipinski definition) is 1. The molecule has 5 atom stereocenters. The van der Waals surface area contributed by atoms with Gasteiger partial charge in [-0.25, -0.2) is 9.59 Å². The van der Waals surface area contributed by atoms with Gasteiger partial charge in [0.1, 0.15) is 0 Å². The lowest BCUT2D eigenvalue weighted by molar-refractivity contribution is -0.282. The fourth-order valence-electron chi connectivity index (χ4n) is 3.20. The summed E-state index contributed by atoms with van der Waals surface area (Å²) in [6.07, 6.45) is -7.84. The van der Waals surface area contributed by atoms with E-state index in [2.05, 4.69) is 0 Å². The van der Waals surface area contributed by atoms with Crippen LogP contribution in [0.5, 0.6) is 11.5 Å². The van der Waals surface area contributed by atoms with Crippen LogP contribution in [0.3, 0.4) is 0 Å². The molecule has 1 aromatic rings. The standard InChI is InChI=1S/C21H24O13/c1-9(22)30-15-16(31-10(2)23)18(32-11(3)24)21(34-17(15)20(27)29-5)33-13-7-6-12(19(25)26)8-14(13)28-4/h6-8,15-18,21H,1-5H3,(H,25,26)/t15-,16-,17-,18+,21+/m0/s1. The maximum absolute atomic E-state index is 12.4. The van der Waals surface area contributed by atoms with Crippen molar-refractivity contribution in [2.45, 2.75) is 51.5 Å². The molecule has 13 nitrogen and oxygen atoms in total. The normalized spacial score (nSPS) is 23.7. The van der Waals surface area contributed by atoms with E-state index in [1.165, 1.54) is 25.3 Å². The van der Waals surface area contributed by atoms with Gasteiger partial charge < -0.3 is 38.3 Å². The van der Waals surface area contributed by atoms with Crippen LogP contribution in [0, 0.1) is 0 Å². The molecule has 0 unspecified atom stereocenters. The van der Waals surface area contributed by atoms with Crippen molar-refractivity contribution in [1.29, 1.82) is 0 Å². The summed E-state index contributed by atoms with van der Waals surface area (Å²) in [6.45, 7) is 3.18. The number of carbonyl (C=O) groups excluding carboxylic acids is 4. The summed E-state index contributed by atoms with van der Waals surface area (Å²) in [5.74, 6) is -4.80. The molecular weight excluding hydrogens is 460 g/mol. The summed E-state index contributed by atoms with van der Waals surface area (Å²) in [5.41, 5.74) is -0.106. The Morgan fingerprint density at radius 1 is 0.824 bits per heavy atom. The van der Waals surface area contributed by atoms with Gasteiger partial charge in [-0.2, -0.15) is 0 Å². The lowest BCUT2D eigenvalue weighted by Gasteiger charge is -2.43. The Kier molecular flexibility index (Phi) is 8.78. The van der Waals surface area contributed by atoms with E-state index in [0.29, 0.717) is 0 Å². The van der Waals surface area contributed by atoms with Gasteiger partial charge in [0.2, 0.25) is 12.4 Å². The van der Waals surface area contributed by atoms with Crippen molar-refractivity contribution in [3.05, 3.63) is 23.8 Å². The fourth-order valence-corrected chi connectivity index (χ4v) is 3.20. The number of methoxy groups -OCH3 is 2. The van der Waals surface area contributed by atoms with Gasteiger partial charge >= 0.3 is 29.8 Å². The predicted molar refractivity (Wildman–Crippen MR) is 108 cm³/mol. The van der Waals surface area contributed by atoms with Gasteiger partial charge in [-0.1, -0.05) is 0 Å². The molecule has 0 spiro atoms. The van der Waals surface area contributed by atoms with Crippen LogP contribution in [0.4, 0.5) is 0 Å². The van der Waals surface area contributed by atoms with E-state index in [1.807, 2.05) is 0 Å². The Morgan fingerprint density at radius 3 is 1.88 bits per heavy atom. The first kappa shape index (κ1) is 26.4. The number of esters is 4. The second-order valence-corrected chi connectivity index (χ2v) is 6.96. The van der Waals surface area contributed by atoms with Gasteiger partial charge in [0, 0.05) is 20.8 Å². The predicted octanol–water partition coefficient (Wildman–Crippen LogP) is 0.465. The van der Waals surface area contributed by atoms with E-state index in [4.69, 9.17) is 33.2 Å². The average Bonchev–Trinajstić information content (AvgIpc) is 2.76. The molecule has 1 saturated heterocycles. The lowest BCUT2D eigenvalue weighted by atomic mass is 9.97. The zero-order valence-corrected chi connectivity index (χ0v) is 19.0. The third kappa shape index (κ3) is 6.34. The molecular formula is C21H24O13. The van der Waals surface area contributed by atoms with Gasteiger partial charge in [0.25, 0.3) is 0 Å². The lowest BCUT2D eigenvalue weighted by Crippen LogP contribution is -2.64. The molecule has 1 fully saturated rings. The minimum absolute atomic E-state index is 0.0224. The Hall–Kier alpha value is -3.87. The summed E-state index contributed by atoms with van der Waals surface area (Å²) < 4.78 is 36.9. The number of aromatic carboxylic acids is 1. The quantitative estimate of drug-likeness (QED) is 0.399. The average molecular weight is 484 g/mol. The minimum atomic E-state index is -1.64. The summed E-state index contributed by atoms with van der Waals surface area (Å²) in [6, 6.07) is 3.64. The monoisotopic (exact) mass is 484 g/mol. The largest absolute Gasteiger partial charge is 0.493 e. The molecule has 1 N–H and O–H groups in total. The van der Waals surface area contributed by atoms with Crippen LogP contribution in [-0.4, -0.2) is 79.9 Å². The molecule has 186 valence electrons. The molecule has 1 aliphatic heterocycles. The summed E-state index contributed by atoms with van der Waals surface area (Å²) in [7, 11) is 2.31. The molecule has 13 heteroatoms. The van der Waals surface area contributed by atoms with Crippen LogP contribution in [0.15, 0.2) is 18.2 Å². The highest BCUT2D eigenvalue weighted by Gasteiger charge is 2.56. The molecule has 0 aliphatic carbocycles. The maximum Gasteiger partial charge on any atom is 0.339 e. The van der Waals surface area contributed by atoms with Crippen molar-refractivity contribution in [3.63, 3.8) is 0 Å². The highest BCUT2D eigenvalue weighted by Crippen LogP contribution is 2.35. The van der Waals surface area contributed by atoms with Crippen LogP contribution >= 0.6 is 0 Å². The maximum atomic E-state index is 12.4. The van der Waals surface area contributed by atoms with Crippen molar-refractivity contribution in [2.75, 3.05) is 14.2 Å². The number of hydrogen-bond acceptors (Lipinski definition) is 12. The summed E-state index contributed by atoms with van der Waals surface area (Å²) in [4.78, 5) is 59.0. The van der Waals surface area contributed by atoms with Crippen molar-refractivity contribution in [1.82, 2.24) is 0 Å². The SMILES string of the molecule is COC(=O)[C@H]1O[C@@H](Oc2ccc(C(=O)O)cc2OC)[C@H](OC(C)=O)[C@@H](OC(C)=O)[C@@H]1OC(C)=O. The number of benzene rings is 1. The number of carboxylic acids is 1. The molecule has 0 radical (unpaired) electrons. The first-order valence-corrected chi connectivity index (χ1v) is 9.81. The molecule has 1 aliphatic rings. The zero-order chi connectivity index (χ0) is 25.6. The van der Waals surface area contributed by atoms with Gasteiger partial charge in [-0.15, -0.1) is 0 Å². The molecule has 0 bridgehead atoms. The smallest absolute Gasteiger partial charge is 0.339 e. The third-order valence-electron chi connectivity index (χ3n) is 4.49. The van der Waals surface area contributed by atoms with Crippen LogP contribution in [0.1, 0.15) is 31.1 Å². The van der Waals surface area contributed by atoms with Crippen molar-refractivity contribution in [2.24, 2.45) is 0 Å². The number of carboxylic acid groups (broad SMARTS) is 1. The molecule has 0 aromatic heterocycles. The summed E-state index contributed by atoms with van der Waals surface area (Å²) in [5, 5.41) is 9.18. The van der Waals surface area contributed by atoms with E-state index in [9.17, 15) is 29.1 Å².